The summed E-state index contributed by atoms with van der Waals surface area (Å²) < 4.78 is 13.0. The molecule has 0 saturated carbocycles. The van der Waals surface area contributed by atoms with Gasteiger partial charge < -0.3 is 10.6 Å². The second-order valence-corrected chi connectivity index (χ2v) is 5.03. The van der Waals surface area contributed by atoms with Crippen LogP contribution in [0.2, 0.25) is 0 Å². The van der Waals surface area contributed by atoms with Crippen molar-refractivity contribution in [3.63, 3.8) is 0 Å². The topological polar surface area (TPSA) is 41.1 Å². The minimum Gasteiger partial charge on any atom is -0.384 e. The summed E-state index contributed by atoms with van der Waals surface area (Å²) in [5, 5.41) is 5.88. The fourth-order valence-corrected chi connectivity index (χ4v) is 1.96. The number of hydrogen-bond donors (Lipinski definition) is 2. The number of benzene rings is 2. The van der Waals surface area contributed by atoms with Gasteiger partial charge in [-0.05, 0) is 55.3 Å². The van der Waals surface area contributed by atoms with E-state index in [2.05, 4.69) is 10.6 Å². The van der Waals surface area contributed by atoms with Crippen LogP contribution in [-0.4, -0.2) is 12.5 Å². The van der Waals surface area contributed by atoms with Crippen molar-refractivity contribution >= 4 is 17.3 Å². The zero-order valence-electron chi connectivity index (χ0n) is 12.2. The molecule has 0 spiro atoms. The van der Waals surface area contributed by atoms with Gasteiger partial charge in [-0.1, -0.05) is 12.1 Å². The lowest BCUT2D eigenvalue weighted by Gasteiger charge is -2.09. The first-order valence-electron chi connectivity index (χ1n) is 6.91. The number of nitrogens with one attached hydrogen (secondary N) is 2. The van der Waals surface area contributed by atoms with Crippen LogP contribution in [0.15, 0.2) is 42.5 Å². The van der Waals surface area contributed by atoms with E-state index in [9.17, 15) is 9.18 Å². The predicted molar refractivity (Wildman–Crippen MR) is 84.1 cm³/mol. The van der Waals surface area contributed by atoms with Crippen LogP contribution in [0.3, 0.4) is 0 Å². The molecule has 2 aromatic rings. The summed E-state index contributed by atoms with van der Waals surface area (Å²) in [6, 6.07) is 12.0. The van der Waals surface area contributed by atoms with Gasteiger partial charge in [-0.2, -0.15) is 0 Å². The van der Waals surface area contributed by atoms with Gasteiger partial charge in [0.2, 0.25) is 5.91 Å². The average molecular weight is 286 g/mol. The molecule has 0 bridgehead atoms. The van der Waals surface area contributed by atoms with Crippen LogP contribution in [0.1, 0.15) is 17.5 Å². The molecule has 3 nitrogen and oxygen atoms in total. The molecule has 2 rings (SSSR count). The first-order valence-corrected chi connectivity index (χ1v) is 6.91. The van der Waals surface area contributed by atoms with E-state index in [4.69, 9.17) is 0 Å². The van der Waals surface area contributed by atoms with E-state index in [-0.39, 0.29) is 11.7 Å². The number of carbonyl (C=O) groups excluding carboxylic acids is 1. The van der Waals surface area contributed by atoms with Crippen molar-refractivity contribution in [3.8, 4) is 0 Å². The zero-order chi connectivity index (χ0) is 15.2. The molecular weight excluding hydrogens is 267 g/mol. The molecule has 0 fully saturated rings. The monoisotopic (exact) mass is 286 g/mol. The van der Waals surface area contributed by atoms with E-state index < -0.39 is 0 Å². The molecule has 0 atom stereocenters. The highest BCUT2D eigenvalue weighted by atomic mass is 19.1. The van der Waals surface area contributed by atoms with E-state index in [1.807, 2.05) is 32.0 Å². The normalized spacial score (nSPS) is 10.2. The first kappa shape index (κ1) is 15.0. The van der Waals surface area contributed by atoms with Gasteiger partial charge >= 0.3 is 0 Å². The fraction of sp³-hybridized carbons (Fsp3) is 0.235. The highest BCUT2D eigenvalue weighted by molar-refractivity contribution is 5.91. The summed E-state index contributed by atoms with van der Waals surface area (Å²) in [6.45, 7) is 4.50. The van der Waals surface area contributed by atoms with Gasteiger partial charge in [-0.25, -0.2) is 4.39 Å². The van der Waals surface area contributed by atoms with Crippen LogP contribution in [0.4, 0.5) is 15.8 Å². The smallest absolute Gasteiger partial charge is 0.226 e. The molecule has 2 aromatic carbocycles. The van der Waals surface area contributed by atoms with E-state index in [1.54, 1.807) is 12.1 Å². The third-order valence-electron chi connectivity index (χ3n) is 3.30. The summed E-state index contributed by atoms with van der Waals surface area (Å²) in [5.41, 5.74) is 3.81. The van der Waals surface area contributed by atoms with Crippen LogP contribution in [0.5, 0.6) is 0 Å². The average Bonchev–Trinajstić information content (AvgIpc) is 2.43. The van der Waals surface area contributed by atoms with Crippen LogP contribution in [-0.2, 0) is 4.79 Å². The molecular formula is C17H19FN2O. The van der Waals surface area contributed by atoms with Gasteiger partial charge in [0.05, 0.1) is 0 Å². The Hall–Kier alpha value is -2.36. The van der Waals surface area contributed by atoms with Crippen molar-refractivity contribution in [3.05, 3.63) is 59.4 Å². The molecule has 0 saturated heterocycles. The molecule has 2 N–H and O–H groups in total. The number of halogens is 1. The van der Waals surface area contributed by atoms with Gasteiger partial charge in [-0.15, -0.1) is 0 Å². The van der Waals surface area contributed by atoms with Gasteiger partial charge in [0.1, 0.15) is 5.82 Å². The maximum Gasteiger partial charge on any atom is 0.226 e. The quantitative estimate of drug-likeness (QED) is 0.875. The van der Waals surface area contributed by atoms with Gasteiger partial charge in [0.15, 0.2) is 0 Å². The minimum atomic E-state index is -0.292. The van der Waals surface area contributed by atoms with Gasteiger partial charge in [0, 0.05) is 24.3 Å². The lowest BCUT2D eigenvalue weighted by atomic mass is 10.1. The number of rotatable bonds is 5. The molecule has 0 radical (unpaired) electrons. The Morgan fingerprint density at radius 1 is 1.05 bits per heavy atom. The summed E-state index contributed by atoms with van der Waals surface area (Å²) in [5.74, 6) is -0.360. The molecule has 0 aliphatic rings. The summed E-state index contributed by atoms with van der Waals surface area (Å²) in [4.78, 5) is 11.8. The van der Waals surface area contributed by atoms with Crippen molar-refractivity contribution in [2.75, 3.05) is 17.2 Å². The number of aryl methyl sites for hydroxylation is 2. The van der Waals surface area contributed by atoms with Crippen molar-refractivity contribution in [2.24, 2.45) is 0 Å². The SMILES string of the molecule is Cc1ccc(NC(=O)CCNc2cccc(F)c2)cc1C. The summed E-state index contributed by atoms with van der Waals surface area (Å²) in [6.07, 6.45) is 0.323. The van der Waals surface area contributed by atoms with Crippen molar-refractivity contribution in [1.82, 2.24) is 0 Å². The van der Waals surface area contributed by atoms with Crippen LogP contribution in [0, 0.1) is 19.7 Å². The van der Waals surface area contributed by atoms with Gasteiger partial charge in [-0.3, -0.25) is 4.79 Å². The Labute approximate surface area is 124 Å². The summed E-state index contributed by atoms with van der Waals surface area (Å²) >= 11 is 0. The van der Waals surface area contributed by atoms with Gasteiger partial charge in [0.25, 0.3) is 0 Å². The van der Waals surface area contributed by atoms with Crippen molar-refractivity contribution in [2.45, 2.75) is 20.3 Å². The number of amides is 1. The standard InChI is InChI=1S/C17H19FN2O/c1-12-6-7-16(10-13(12)2)20-17(21)8-9-19-15-5-3-4-14(18)11-15/h3-7,10-11,19H,8-9H2,1-2H3,(H,20,21). The lowest BCUT2D eigenvalue weighted by molar-refractivity contribution is -0.115. The first-order chi connectivity index (χ1) is 10.0. The molecule has 0 unspecified atom stereocenters. The Balaban J connectivity index is 1.81. The maximum absolute atomic E-state index is 13.0. The molecule has 0 heterocycles. The predicted octanol–water partition coefficient (Wildman–Crippen LogP) is 3.88. The molecule has 1 amide bonds. The van der Waals surface area contributed by atoms with Crippen molar-refractivity contribution in [1.29, 1.82) is 0 Å². The molecule has 4 heteroatoms. The van der Waals surface area contributed by atoms with E-state index >= 15 is 0 Å². The number of carbonyl (C=O) groups is 1. The highest BCUT2D eigenvalue weighted by Crippen LogP contribution is 2.14. The zero-order valence-corrected chi connectivity index (χ0v) is 12.2. The Kier molecular flexibility index (Phi) is 4.93. The summed E-state index contributed by atoms with van der Waals surface area (Å²) in [7, 11) is 0. The third kappa shape index (κ3) is 4.60. The minimum absolute atomic E-state index is 0.0674. The Morgan fingerprint density at radius 3 is 2.57 bits per heavy atom. The lowest BCUT2D eigenvalue weighted by Crippen LogP contribution is -2.16. The Bertz CT molecular complexity index is 640. The molecule has 0 aliphatic heterocycles. The highest BCUT2D eigenvalue weighted by Gasteiger charge is 2.03. The number of anilines is 2. The van der Waals surface area contributed by atoms with E-state index in [1.165, 1.54) is 17.7 Å². The second-order valence-electron chi connectivity index (χ2n) is 5.03. The Morgan fingerprint density at radius 2 is 1.86 bits per heavy atom. The fourth-order valence-electron chi connectivity index (χ4n) is 1.96. The van der Waals surface area contributed by atoms with Crippen LogP contribution in [0.25, 0.3) is 0 Å². The van der Waals surface area contributed by atoms with Crippen LogP contribution >= 0.6 is 0 Å². The molecule has 0 aliphatic carbocycles. The molecule has 110 valence electrons. The second kappa shape index (κ2) is 6.88. The number of hydrogen-bond acceptors (Lipinski definition) is 2. The third-order valence-corrected chi connectivity index (χ3v) is 3.30. The van der Waals surface area contributed by atoms with E-state index in [0.29, 0.717) is 18.7 Å². The van der Waals surface area contributed by atoms with Crippen LogP contribution < -0.4 is 10.6 Å². The largest absolute Gasteiger partial charge is 0.384 e. The molecule has 21 heavy (non-hydrogen) atoms. The van der Waals surface area contributed by atoms with E-state index in [0.717, 1.165) is 11.3 Å². The maximum atomic E-state index is 13.0. The van der Waals surface area contributed by atoms with Crippen molar-refractivity contribution < 1.29 is 9.18 Å². The molecule has 0 aromatic heterocycles.